The number of halogens is 2. The van der Waals surface area contributed by atoms with Crippen LogP contribution in [0.3, 0.4) is 0 Å². The first-order valence-corrected chi connectivity index (χ1v) is 11.5. The Morgan fingerprint density at radius 3 is 2.58 bits per heavy atom. The summed E-state index contributed by atoms with van der Waals surface area (Å²) in [5, 5.41) is 2.14. The van der Waals surface area contributed by atoms with E-state index in [1.54, 1.807) is 12.1 Å². The van der Waals surface area contributed by atoms with E-state index in [1.165, 1.54) is 30.7 Å². The number of imidazole rings is 1. The zero-order valence-corrected chi connectivity index (χ0v) is 18.2. The van der Waals surface area contributed by atoms with Crippen molar-refractivity contribution in [3.8, 4) is 0 Å². The molecular formula is C22H19F2N5O3S. The molecule has 1 amide bonds. The van der Waals surface area contributed by atoms with Crippen LogP contribution < -0.4 is 10.0 Å². The topological polar surface area (TPSA) is 117 Å². The summed E-state index contributed by atoms with van der Waals surface area (Å²) in [6, 6.07) is 9.41. The van der Waals surface area contributed by atoms with E-state index in [9.17, 15) is 17.6 Å². The minimum atomic E-state index is -4.14. The molecule has 8 nitrogen and oxygen atoms in total. The average molecular weight is 471 g/mol. The molecule has 0 aliphatic carbocycles. The Labute approximate surface area is 188 Å². The molecule has 0 aliphatic heterocycles. The van der Waals surface area contributed by atoms with Gasteiger partial charge < -0.3 is 10.3 Å². The molecule has 0 radical (unpaired) electrons. The lowest BCUT2D eigenvalue weighted by molar-refractivity contribution is 0.102. The average Bonchev–Trinajstić information content (AvgIpc) is 3.27. The van der Waals surface area contributed by atoms with Gasteiger partial charge in [-0.25, -0.2) is 27.2 Å². The molecule has 0 unspecified atom stereocenters. The van der Waals surface area contributed by atoms with Crippen LogP contribution in [0, 0.1) is 11.6 Å². The third-order valence-electron chi connectivity index (χ3n) is 4.88. The van der Waals surface area contributed by atoms with E-state index >= 15 is 4.39 Å². The Morgan fingerprint density at radius 2 is 1.85 bits per heavy atom. The van der Waals surface area contributed by atoms with E-state index in [1.807, 2.05) is 6.92 Å². The number of pyridine rings is 1. The molecule has 0 aliphatic rings. The van der Waals surface area contributed by atoms with Crippen molar-refractivity contribution < 1.29 is 22.0 Å². The van der Waals surface area contributed by atoms with Gasteiger partial charge in [-0.2, -0.15) is 0 Å². The molecular weight excluding hydrogens is 452 g/mol. The molecule has 0 saturated carbocycles. The van der Waals surface area contributed by atoms with Crippen molar-refractivity contribution >= 4 is 38.5 Å². The van der Waals surface area contributed by atoms with Crippen LogP contribution >= 0.6 is 0 Å². The summed E-state index contributed by atoms with van der Waals surface area (Å²) in [6.45, 7) is 2.01. The number of carbonyl (C=O) groups is 1. The van der Waals surface area contributed by atoms with Crippen molar-refractivity contribution in [2.24, 2.45) is 0 Å². The van der Waals surface area contributed by atoms with Crippen molar-refractivity contribution in [3.05, 3.63) is 77.8 Å². The number of hydrogen-bond acceptors (Lipinski definition) is 5. The molecule has 4 aromatic rings. The Bertz CT molecular complexity index is 1440. The van der Waals surface area contributed by atoms with Gasteiger partial charge in [0.25, 0.3) is 15.9 Å². The molecule has 4 rings (SSSR count). The van der Waals surface area contributed by atoms with Crippen LogP contribution in [0.5, 0.6) is 0 Å². The minimum absolute atomic E-state index is 0.0312. The lowest BCUT2D eigenvalue weighted by atomic mass is 10.1. The van der Waals surface area contributed by atoms with Crippen LogP contribution in [-0.4, -0.2) is 29.3 Å². The van der Waals surface area contributed by atoms with Crippen molar-refractivity contribution in [3.63, 3.8) is 0 Å². The number of aryl methyl sites for hydroxylation is 1. The van der Waals surface area contributed by atoms with E-state index < -0.39 is 38.9 Å². The fourth-order valence-corrected chi connectivity index (χ4v) is 4.27. The number of nitrogens with one attached hydrogen (secondary N) is 3. The highest BCUT2D eigenvalue weighted by Crippen LogP contribution is 2.28. The molecule has 0 saturated heterocycles. The highest BCUT2D eigenvalue weighted by molar-refractivity contribution is 7.92. The van der Waals surface area contributed by atoms with Crippen LogP contribution in [0.25, 0.3) is 11.2 Å². The smallest absolute Gasteiger partial charge is 0.261 e. The predicted molar refractivity (Wildman–Crippen MR) is 119 cm³/mol. The van der Waals surface area contributed by atoms with Gasteiger partial charge in [-0.3, -0.25) is 9.52 Å². The Hall–Kier alpha value is -3.86. The van der Waals surface area contributed by atoms with Gasteiger partial charge in [-0.1, -0.05) is 25.5 Å². The summed E-state index contributed by atoms with van der Waals surface area (Å²) in [7, 11) is -4.14. The summed E-state index contributed by atoms with van der Waals surface area (Å²) < 4.78 is 56.8. The molecule has 0 bridgehead atoms. The second-order valence-corrected chi connectivity index (χ2v) is 8.92. The van der Waals surface area contributed by atoms with Crippen LogP contribution in [0.2, 0.25) is 0 Å². The van der Waals surface area contributed by atoms with Gasteiger partial charge in [0, 0.05) is 6.20 Å². The number of carbonyl (C=O) groups excluding carboxylic acids is 1. The zero-order valence-electron chi connectivity index (χ0n) is 17.4. The number of amides is 1. The quantitative estimate of drug-likeness (QED) is 0.373. The van der Waals surface area contributed by atoms with Crippen LogP contribution in [0.15, 0.2) is 59.9 Å². The first kappa shape index (κ1) is 22.3. The fourth-order valence-electron chi connectivity index (χ4n) is 3.21. The lowest BCUT2D eigenvalue weighted by Gasteiger charge is -2.13. The van der Waals surface area contributed by atoms with Crippen LogP contribution in [0.4, 0.5) is 20.2 Å². The van der Waals surface area contributed by atoms with Gasteiger partial charge in [-0.15, -0.1) is 0 Å². The first-order chi connectivity index (χ1) is 15.8. The Balaban J connectivity index is 1.58. The van der Waals surface area contributed by atoms with E-state index in [0.717, 1.165) is 30.5 Å². The number of aromatic nitrogens is 3. The normalized spacial score (nSPS) is 11.5. The van der Waals surface area contributed by atoms with Gasteiger partial charge in [0.15, 0.2) is 11.5 Å². The minimum Gasteiger partial charge on any atom is -0.343 e. The molecule has 170 valence electrons. The van der Waals surface area contributed by atoms with E-state index in [-0.39, 0.29) is 10.5 Å². The number of aromatic amines is 1. The number of H-pyrrole nitrogens is 1. The summed E-state index contributed by atoms with van der Waals surface area (Å²) in [5.41, 5.74) is 0.550. The molecule has 2 heterocycles. The van der Waals surface area contributed by atoms with Gasteiger partial charge in [0.05, 0.1) is 28.0 Å². The summed E-state index contributed by atoms with van der Waals surface area (Å²) >= 11 is 0. The van der Waals surface area contributed by atoms with Crippen molar-refractivity contribution in [2.75, 3.05) is 10.0 Å². The number of hydrogen-bond donors (Lipinski definition) is 3. The Kier molecular flexibility index (Phi) is 6.05. The zero-order chi connectivity index (χ0) is 23.6. The number of fused-ring (bicyclic) bond motifs is 1. The van der Waals surface area contributed by atoms with Gasteiger partial charge in [0.2, 0.25) is 0 Å². The number of rotatable bonds is 7. The first-order valence-electron chi connectivity index (χ1n) is 9.98. The number of benzene rings is 2. The molecule has 2 aromatic carbocycles. The van der Waals surface area contributed by atoms with Crippen molar-refractivity contribution in [1.29, 1.82) is 0 Å². The number of anilines is 2. The van der Waals surface area contributed by atoms with E-state index in [0.29, 0.717) is 11.2 Å². The van der Waals surface area contributed by atoms with E-state index in [4.69, 9.17) is 0 Å². The second kappa shape index (κ2) is 8.94. The summed E-state index contributed by atoms with van der Waals surface area (Å²) in [4.78, 5) is 23.2. The van der Waals surface area contributed by atoms with Crippen LogP contribution in [-0.2, 0) is 16.4 Å². The highest BCUT2D eigenvalue weighted by atomic mass is 32.2. The maximum absolute atomic E-state index is 15.0. The molecule has 33 heavy (non-hydrogen) atoms. The molecule has 0 atom stereocenters. The molecule has 0 fully saturated rings. The fraction of sp³-hybridized carbons (Fsp3) is 0.136. The predicted octanol–water partition coefficient (Wildman–Crippen LogP) is 4.24. The van der Waals surface area contributed by atoms with E-state index in [2.05, 4.69) is 25.0 Å². The summed E-state index contributed by atoms with van der Waals surface area (Å²) in [6.07, 6.45) is 4.31. The van der Waals surface area contributed by atoms with Crippen molar-refractivity contribution in [2.45, 2.75) is 24.7 Å². The third-order valence-corrected chi connectivity index (χ3v) is 6.26. The third kappa shape index (κ3) is 4.67. The van der Waals surface area contributed by atoms with Crippen molar-refractivity contribution in [1.82, 2.24) is 15.0 Å². The molecule has 2 aromatic heterocycles. The van der Waals surface area contributed by atoms with Gasteiger partial charge in [-0.05, 0) is 42.3 Å². The monoisotopic (exact) mass is 471 g/mol. The maximum Gasteiger partial charge on any atom is 0.261 e. The lowest BCUT2D eigenvalue weighted by Crippen LogP contribution is -2.18. The molecule has 0 spiro atoms. The Morgan fingerprint density at radius 1 is 1.09 bits per heavy atom. The van der Waals surface area contributed by atoms with Gasteiger partial charge in [0.1, 0.15) is 11.5 Å². The standard InChI is InChI=1S/C22H19F2N5O3S/c1-2-3-13-4-6-15(7-5-13)33(31,32)29-17-9-8-16(23)20(19(17)24)28-22(30)14-10-18-21(25-11-14)27-12-26-18/h4-12,29H,2-3H2,1H3,(H,28,30)(H,25,26,27). The number of sulfonamides is 1. The SMILES string of the molecule is CCCc1ccc(S(=O)(=O)Nc2ccc(F)c(NC(=O)c3cnc4nc[nH]c4c3)c2F)cc1. The second-order valence-electron chi connectivity index (χ2n) is 7.24. The molecule has 11 heteroatoms. The van der Waals surface area contributed by atoms with Gasteiger partial charge >= 0.3 is 0 Å². The number of nitrogens with zero attached hydrogens (tertiary/aromatic N) is 2. The highest BCUT2D eigenvalue weighted by Gasteiger charge is 2.22. The van der Waals surface area contributed by atoms with Crippen LogP contribution in [0.1, 0.15) is 29.3 Å². The molecule has 3 N–H and O–H groups in total. The summed E-state index contributed by atoms with van der Waals surface area (Å²) in [5.74, 6) is -3.16. The maximum atomic E-state index is 15.0. The largest absolute Gasteiger partial charge is 0.343 e.